The van der Waals surface area contributed by atoms with Crippen LogP contribution in [0.1, 0.15) is 20.3 Å². The van der Waals surface area contributed by atoms with Gasteiger partial charge in [0.05, 0.1) is 5.52 Å². The summed E-state index contributed by atoms with van der Waals surface area (Å²) in [6, 6.07) is 4.99. The highest BCUT2D eigenvalue weighted by Crippen LogP contribution is 2.16. The molecular formula is C13H17N3O3. The van der Waals surface area contributed by atoms with Gasteiger partial charge in [0.2, 0.25) is 5.91 Å². The van der Waals surface area contributed by atoms with E-state index in [2.05, 4.69) is 5.32 Å². The number of nitrogen functional groups attached to an aromatic ring is 1. The van der Waals surface area contributed by atoms with Crippen LogP contribution < -0.4 is 16.8 Å². The Bertz CT molecular complexity index is 657. The van der Waals surface area contributed by atoms with Crippen LogP contribution >= 0.6 is 0 Å². The maximum Gasteiger partial charge on any atom is 0.420 e. The maximum absolute atomic E-state index is 11.8. The van der Waals surface area contributed by atoms with Crippen LogP contribution in [0, 0.1) is 0 Å². The van der Waals surface area contributed by atoms with Crippen molar-refractivity contribution in [1.29, 1.82) is 0 Å². The highest BCUT2D eigenvalue weighted by molar-refractivity contribution is 5.81. The van der Waals surface area contributed by atoms with Crippen molar-refractivity contribution in [3.8, 4) is 0 Å². The fourth-order valence-corrected chi connectivity index (χ4v) is 1.80. The smallest absolute Gasteiger partial charge is 0.408 e. The molecule has 0 spiro atoms. The van der Waals surface area contributed by atoms with Gasteiger partial charge in [0.15, 0.2) is 5.58 Å². The number of nitrogens with zero attached hydrogens (tertiary/aromatic N) is 1. The number of benzene rings is 1. The third-order valence-corrected chi connectivity index (χ3v) is 3.01. The lowest BCUT2D eigenvalue weighted by Gasteiger charge is -2.11. The van der Waals surface area contributed by atoms with Crippen LogP contribution in [0.15, 0.2) is 27.4 Å². The summed E-state index contributed by atoms with van der Waals surface area (Å²) in [7, 11) is 0. The zero-order valence-electron chi connectivity index (χ0n) is 11.0. The van der Waals surface area contributed by atoms with E-state index >= 15 is 0 Å². The zero-order chi connectivity index (χ0) is 14.0. The molecule has 0 aliphatic carbocycles. The van der Waals surface area contributed by atoms with Gasteiger partial charge < -0.3 is 15.5 Å². The van der Waals surface area contributed by atoms with Crippen LogP contribution in [-0.4, -0.2) is 16.5 Å². The summed E-state index contributed by atoms with van der Waals surface area (Å²) in [6.07, 6.45) is 0.837. The first-order valence-corrected chi connectivity index (χ1v) is 6.19. The molecule has 1 unspecified atom stereocenters. The molecule has 0 radical (unpaired) electrons. The molecule has 0 saturated heterocycles. The van der Waals surface area contributed by atoms with Crippen molar-refractivity contribution >= 4 is 22.7 Å². The highest BCUT2D eigenvalue weighted by Gasteiger charge is 2.13. The van der Waals surface area contributed by atoms with Crippen molar-refractivity contribution in [2.45, 2.75) is 32.9 Å². The van der Waals surface area contributed by atoms with Crippen molar-refractivity contribution < 1.29 is 9.21 Å². The molecule has 3 N–H and O–H groups in total. The van der Waals surface area contributed by atoms with Gasteiger partial charge in [-0.1, -0.05) is 6.92 Å². The Balaban J connectivity index is 2.28. The van der Waals surface area contributed by atoms with Crippen LogP contribution in [0.4, 0.5) is 5.69 Å². The van der Waals surface area contributed by atoms with Crippen molar-refractivity contribution in [2.75, 3.05) is 5.73 Å². The number of anilines is 1. The predicted molar refractivity (Wildman–Crippen MR) is 72.8 cm³/mol. The zero-order valence-corrected chi connectivity index (χ0v) is 11.0. The van der Waals surface area contributed by atoms with E-state index in [4.69, 9.17) is 10.2 Å². The normalized spacial score (nSPS) is 12.5. The monoisotopic (exact) mass is 263 g/mol. The van der Waals surface area contributed by atoms with Crippen molar-refractivity contribution in [2.24, 2.45) is 0 Å². The molecule has 1 atom stereocenters. The van der Waals surface area contributed by atoms with Gasteiger partial charge in [0.1, 0.15) is 6.54 Å². The Labute approximate surface area is 110 Å². The van der Waals surface area contributed by atoms with Gasteiger partial charge in [-0.2, -0.15) is 0 Å². The molecule has 2 aromatic rings. The van der Waals surface area contributed by atoms with Gasteiger partial charge in [0.25, 0.3) is 0 Å². The Morgan fingerprint density at radius 3 is 2.95 bits per heavy atom. The van der Waals surface area contributed by atoms with Crippen LogP contribution in [0.5, 0.6) is 0 Å². The summed E-state index contributed by atoms with van der Waals surface area (Å²) in [4.78, 5) is 23.5. The number of nitrogens with one attached hydrogen (secondary N) is 1. The Kier molecular flexibility index (Phi) is 3.59. The predicted octanol–water partition coefficient (Wildman–Crippen LogP) is 1.09. The first-order chi connectivity index (χ1) is 9.01. The lowest BCUT2D eigenvalue weighted by atomic mass is 10.2. The molecule has 6 nitrogen and oxygen atoms in total. The summed E-state index contributed by atoms with van der Waals surface area (Å²) in [5, 5.41) is 2.81. The third-order valence-electron chi connectivity index (χ3n) is 3.01. The molecule has 102 valence electrons. The number of rotatable bonds is 4. The lowest BCUT2D eigenvalue weighted by molar-refractivity contribution is -0.122. The number of fused-ring (bicyclic) bond motifs is 1. The van der Waals surface area contributed by atoms with Crippen LogP contribution in [0.2, 0.25) is 0 Å². The Morgan fingerprint density at radius 1 is 1.53 bits per heavy atom. The third kappa shape index (κ3) is 2.78. The number of oxazole rings is 1. The number of hydrogen-bond donors (Lipinski definition) is 2. The lowest BCUT2D eigenvalue weighted by Crippen LogP contribution is -2.36. The molecule has 1 heterocycles. The Hall–Kier alpha value is -2.24. The fourth-order valence-electron chi connectivity index (χ4n) is 1.80. The van der Waals surface area contributed by atoms with E-state index in [1.165, 1.54) is 4.57 Å². The summed E-state index contributed by atoms with van der Waals surface area (Å²) in [5.74, 6) is -0.768. The number of carbonyl (C=O) groups is 1. The average molecular weight is 263 g/mol. The van der Waals surface area contributed by atoms with E-state index in [1.807, 2.05) is 13.8 Å². The molecule has 1 aromatic heterocycles. The second-order valence-electron chi connectivity index (χ2n) is 4.56. The van der Waals surface area contributed by atoms with Gasteiger partial charge in [-0.05, 0) is 25.5 Å². The minimum absolute atomic E-state index is 0.0555. The molecule has 1 amide bonds. The topological polar surface area (TPSA) is 90.3 Å². The highest BCUT2D eigenvalue weighted by atomic mass is 16.4. The van der Waals surface area contributed by atoms with Crippen molar-refractivity contribution in [3.05, 3.63) is 28.7 Å². The molecule has 0 saturated carbocycles. The minimum atomic E-state index is -0.556. The van der Waals surface area contributed by atoms with Gasteiger partial charge in [0, 0.05) is 17.8 Å². The minimum Gasteiger partial charge on any atom is -0.408 e. The molecular weight excluding hydrogens is 246 g/mol. The molecule has 0 aliphatic rings. The van der Waals surface area contributed by atoms with E-state index in [0.29, 0.717) is 16.8 Å². The fraction of sp³-hybridized carbons (Fsp3) is 0.385. The van der Waals surface area contributed by atoms with E-state index in [-0.39, 0.29) is 18.5 Å². The standard InChI is InChI=1S/C13H17N3O3/c1-3-8(2)15-12(17)7-16-10-5-4-9(14)6-11(10)19-13(16)18/h4-6,8H,3,7,14H2,1-2H3,(H,15,17). The molecule has 0 bridgehead atoms. The summed E-state index contributed by atoms with van der Waals surface area (Å²) >= 11 is 0. The van der Waals surface area contributed by atoms with Gasteiger partial charge in [-0.25, -0.2) is 4.79 Å². The first kappa shape index (κ1) is 13.2. The van der Waals surface area contributed by atoms with Gasteiger partial charge >= 0.3 is 5.76 Å². The summed E-state index contributed by atoms with van der Waals surface area (Å²) in [6.45, 7) is 3.84. The van der Waals surface area contributed by atoms with Gasteiger partial charge in [-0.15, -0.1) is 0 Å². The molecule has 2 rings (SSSR count). The molecule has 19 heavy (non-hydrogen) atoms. The summed E-state index contributed by atoms with van der Waals surface area (Å²) < 4.78 is 6.36. The molecule has 0 fully saturated rings. The quantitative estimate of drug-likeness (QED) is 0.808. The largest absolute Gasteiger partial charge is 0.420 e. The SMILES string of the molecule is CCC(C)NC(=O)Cn1c(=O)oc2cc(N)ccc21. The second kappa shape index (κ2) is 5.17. The van der Waals surface area contributed by atoms with Crippen molar-refractivity contribution in [1.82, 2.24) is 9.88 Å². The van der Waals surface area contributed by atoms with Crippen LogP contribution in [0.3, 0.4) is 0 Å². The van der Waals surface area contributed by atoms with E-state index in [9.17, 15) is 9.59 Å². The van der Waals surface area contributed by atoms with Crippen molar-refractivity contribution in [3.63, 3.8) is 0 Å². The maximum atomic E-state index is 11.8. The number of carbonyl (C=O) groups excluding carboxylic acids is 1. The average Bonchev–Trinajstić information content (AvgIpc) is 2.64. The van der Waals surface area contributed by atoms with Crippen LogP contribution in [-0.2, 0) is 11.3 Å². The van der Waals surface area contributed by atoms with E-state index in [1.54, 1.807) is 18.2 Å². The number of amides is 1. The Morgan fingerprint density at radius 2 is 2.26 bits per heavy atom. The number of aromatic nitrogens is 1. The summed E-state index contributed by atoms with van der Waals surface area (Å²) in [5.41, 5.74) is 7.09. The van der Waals surface area contributed by atoms with E-state index in [0.717, 1.165) is 6.42 Å². The number of hydrogen-bond acceptors (Lipinski definition) is 4. The number of nitrogens with two attached hydrogens (primary N) is 1. The molecule has 1 aromatic carbocycles. The molecule has 0 aliphatic heterocycles. The molecule has 6 heteroatoms. The first-order valence-electron chi connectivity index (χ1n) is 6.19. The van der Waals surface area contributed by atoms with Gasteiger partial charge in [-0.3, -0.25) is 9.36 Å². The second-order valence-corrected chi connectivity index (χ2v) is 4.56. The van der Waals surface area contributed by atoms with Crippen LogP contribution in [0.25, 0.3) is 11.1 Å². The van der Waals surface area contributed by atoms with E-state index < -0.39 is 5.76 Å².